The van der Waals surface area contributed by atoms with Gasteiger partial charge in [-0.05, 0) is 42.7 Å². The van der Waals surface area contributed by atoms with E-state index >= 15 is 0 Å². The molecular formula is C14H16N2O3. The minimum Gasteiger partial charge on any atom is -0.497 e. The Labute approximate surface area is 111 Å². The summed E-state index contributed by atoms with van der Waals surface area (Å²) in [4.78, 5) is 15.2. The molecule has 1 heterocycles. The van der Waals surface area contributed by atoms with Gasteiger partial charge in [-0.2, -0.15) is 0 Å². The van der Waals surface area contributed by atoms with Gasteiger partial charge >= 0.3 is 5.97 Å². The minimum absolute atomic E-state index is 0.265. The van der Waals surface area contributed by atoms with E-state index in [0.717, 1.165) is 27.8 Å². The van der Waals surface area contributed by atoms with Crippen LogP contribution in [0.2, 0.25) is 0 Å². The van der Waals surface area contributed by atoms with Crippen molar-refractivity contribution in [2.75, 3.05) is 7.11 Å². The zero-order valence-corrected chi connectivity index (χ0v) is 10.9. The SMILES string of the molecule is COc1cc(C)c2nccc(CC(N)C(=O)O)c2c1. The number of nitrogens with two attached hydrogens (primary N) is 1. The molecule has 0 spiro atoms. The Hall–Kier alpha value is -2.14. The minimum atomic E-state index is -1.01. The first-order chi connectivity index (χ1) is 9.02. The summed E-state index contributed by atoms with van der Waals surface area (Å²) in [7, 11) is 1.60. The number of aryl methyl sites for hydroxylation is 1. The number of hydrogen-bond donors (Lipinski definition) is 2. The van der Waals surface area contributed by atoms with Crippen LogP contribution in [-0.4, -0.2) is 29.2 Å². The van der Waals surface area contributed by atoms with Crippen molar-refractivity contribution in [3.63, 3.8) is 0 Å². The first-order valence-corrected chi connectivity index (χ1v) is 5.93. The largest absolute Gasteiger partial charge is 0.497 e. The second-order valence-electron chi connectivity index (χ2n) is 4.46. The molecule has 5 heteroatoms. The molecule has 0 bridgehead atoms. The van der Waals surface area contributed by atoms with E-state index in [2.05, 4.69) is 4.98 Å². The number of fused-ring (bicyclic) bond motifs is 1. The van der Waals surface area contributed by atoms with E-state index in [4.69, 9.17) is 15.6 Å². The fourth-order valence-corrected chi connectivity index (χ4v) is 2.07. The Morgan fingerprint density at radius 1 is 1.53 bits per heavy atom. The van der Waals surface area contributed by atoms with E-state index in [-0.39, 0.29) is 6.42 Å². The molecule has 2 aromatic rings. The molecule has 0 aliphatic rings. The normalized spacial score (nSPS) is 12.4. The number of benzene rings is 1. The van der Waals surface area contributed by atoms with Gasteiger partial charge in [0.25, 0.3) is 0 Å². The quantitative estimate of drug-likeness (QED) is 0.870. The Kier molecular flexibility index (Phi) is 3.66. The molecule has 19 heavy (non-hydrogen) atoms. The lowest BCUT2D eigenvalue weighted by atomic mass is 10.00. The van der Waals surface area contributed by atoms with Crippen LogP contribution in [-0.2, 0) is 11.2 Å². The van der Waals surface area contributed by atoms with E-state index in [9.17, 15) is 4.79 Å². The van der Waals surface area contributed by atoms with Gasteiger partial charge in [0.1, 0.15) is 11.8 Å². The number of aliphatic carboxylic acids is 1. The lowest BCUT2D eigenvalue weighted by Crippen LogP contribution is -2.32. The van der Waals surface area contributed by atoms with Gasteiger partial charge in [0.05, 0.1) is 12.6 Å². The molecule has 2 rings (SSSR count). The summed E-state index contributed by atoms with van der Waals surface area (Å²) in [5.74, 6) is -0.285. The molecule has 0 aliphatic carbocycles. The topological polar surface area (TPSA) is 85.4 Å². The third-order valence-corrected chi connectivity index (χ3v) is 3.09. The molecule has 100 valence electrons. The monoisotopic (exact) mass is 260 g/mol. The van der Waals surface area contributed by atoms with Crippen LogP contribution in [0.4, 0.5) is 0 Å². The average molecular weight is 260 g/mol. The lowest BCUT2D eigenvalue weighted by Gasteiger charge is -2.12. The molecule has 0 saturated heterocycles. The summed E-state index contributed by atoms with van der Waals surface area (Å²) in [5.41, 5.74) is 8.29. The van der Waals surface area contributed by atoms with E-state index < -0.39 is 12.0 Å². The number of rotatable bonds is 4. The summed E-state index contributed by atoms with van der Waals surface area (Å²) in [6.07, 6.45) is 1.94. The van der Waals surface area contributed by atoms with Crippen LogP contribution in [0.25, 0.3) is 10.9 Å². The van der Waals surface area contributed by atoms with Crippen molar-refractivity contribution in [3.8, 4) is 5.75 Å². The van der Waals surface area contributed by atoms with Gasteiger partial charge in [-0.1, -0.05) is 0 Å². The Morgan fingerprint density at radius 3 is 2.89 bits per heavy atom. The number of ether oxygens (including phenoxy) is 1. The van der Waals surface area contributed by atoms with Crippen LogP contribution in [0.15, 0.2) is 24.4 Å². The zero-order valence-electron chi connectivity index (χ0n) is 10.9. The highest BCUT2D eigenvalue weighted by molar-refractivity contribution is 5.87. The smallest absolute Gasteiger partial charge is 0.320 e. The first kappa shape index (κ1) is 13.3. The molecule has 0 aliphatic heterocycles. The molecule has 0 fully saturated rings. The third-order valence-electron chi connectivity index (χ3n) is 3.09. The zero-order chi connectivity index (χ0) is 14.0. The van der Waals surface area contributed by atoms with Gasteiger partial charge in [0, 0.05) is 11.6 Å². The predicted octanol–water partition coefficient (Wildman–Crippen LogP) is 1.51. The highest BCUT2D eigenvalue weighted by atomic mass is 16.5. The van der Waals surface area contributed by atoms with Crippen molar-refractivity contribution in [2.24, 2.45) is 5.73 Å². The number of methoxy groups -OCH3 is 1. The Morgan fingerprint density at radius 2 is 2.26 bits per heavy atom. The van der Waals surface area contributed by atoms with E-state index in [1.165, 1.54) is 0 Å². The Bertz CT molecular complexity index is 625. The van der Waals surface area contributed by atoms with Crippen LogP contribution in [0, 0.1) is 6.92 Å². The number of aromatic nitrogens is 1. The first-order valence-electron chi connectivity index (χ1n) is 5.93. The number of hydrogen-bond acceptors (Lipinski definition) is 4. The van der Waals surface area contributed by atoms with Gasteiger partial charge in [0.2, 0.25) is 0 Å². The fraction of sp³-hybridized carbons (Fsp3) is 0.286. The summed E-state index contributed by atoms with van der Waals surface area (Å²) in [6.45, 7) is 1.94. The number of carbonyl (C=O) groups is 1. The van der Waals surface area contributed by atoms with E-state index in [0.29, 0.717) is 0 Å². The van der Waals surface area contributed by atoms with Crippen LogP contribution < -0.4 is 10.5 Å². The second kappa shape index (κ2) is 5.24. The van der Waals surface area contributed by atoms with Crippen molar-refractivity contribution < 1.29 is 14.6 Å². The number of pyridine rings is 1. The molecule has 1 unspecified atom stereocenters. The molecule has 1 aromatic carbocycles. The van der Waals surface area contributed by atoms with Gasteiger partial charge in [-0.25, -0.2) is 0 Å². The van der Waals surface area contributed by atoms with Crippen LogP contribution in [0.3, 0.4) is 0 Å². The van der Waals surface area contributed by atoms with E-state index in [1.54, 1.807) is 19.4 Å². The highest BCUT2D eigenvalue weighted by Crippen LogP contribution is 2.26. The third kappa shape index (κ3) is 2.66. The van der Waals surface area contributed by atoms with Crippen molar-refractivity contribution in [1.82, 2.24) is 4.98 Å². The summed E-state index contributed by atoms with van der Waals surface area (Å²) in [6, 6.07) is 4.64. The molecule has 1 atom stereocenters. The average Bonchev–Trinajstić information content (AvgIpc) is 2.39. The summed E-state index contributed by atoms with van der Waals surface area (Å²) < 4.78 is 5.24. The fourth-order valence-electron chi connectivity index (χ4n) is 2.07. The molecule has 5 nitrogen and oxygen atoms in total. The summed E-state index contributed by atoms with van der Waals surface area (Å²) >= 11 is 0. The maximum Gasteiger partial charge on any atom is 0.320 e. The van der Waals surface area contributed by atoms with Crippen LogP contribution in [0.1, 0.15) is 11.1 Å². The van der Waals surface area contributed by atoms with E-state index in [1.807, 2.05) is 19.1 Å². The number of carboxylic acid groups (broad SMARTS) is 1. The van der Waals surface area contributed by atoms with Crippen LogP contribution >= 0.6 is 0 Å². The number of nitrogens with zero attached hydrogens (tertiary/aromatic N) is 1. The van der Waals surface area contributed by atoms with Crippen molar-refractivity contribution in [1.29, 1.82) is 0 Å². The summed E-state index contributed by atoms with van der Waals surface area (Å²) in [5, 5.41) is 9.79. The predicted molar refractivity (Wildman–Crippen MR) is 72.3 cm³/mol. The maximum atomic E-state index is 10.9. The molecule has 1 aromatic heterocycles. The molecule has 0 amide bonds. The number of carboxylic acids is 1. The second-order valence-corrected chi connectivity index (χ2v) is 4.46. The van der Waals surface area contributed by atoms with Crippen LogP contribution in [0.5, 0.6) is 5.75 Å². The molecule has 0 radical (unpaired) electrons. The standard InChI is InChI=1S/C14H16N2O3/c1-8-5-10(19-2)7-11-9(3-4-16-13(8)11)6-12(15)14(17)18/h3-5,7,12H,6,15H2,1-2H3,(H,17,18). The lowest BCUT2D eigenvalue weighted by molar-refractivity contribution is -0.138. The molecular weight excluding hydrogens is 244 g/mol. The van der Waals surface area contributed by atoms with Gasteiger partial charge in [0.15, 0.2) is 0 Å². The molecule has 3 N–H and O–H groups in total. The highest BCUT2D eigenvalue weighted by Gasteiger charge is 2.15. The van der Waals surface area contributed by atoms with Crippen molar-refractivity contribution >= 4 is 16.9 Å². The maximum absolute atomic E-state index is 10.9. The van der Waals surface area contributed by atoms with Gasteiger partial charge < -0.3 is 15.6 Å². The van der Waals surface area contributed by atoms with Gasteiger partial charge in [-0.15, -0.1) is 0 Å². The van der Waals surface area contributed by atoms with Crippen molar-refractivity contribution in [3.05, 3.63) is 35.5 Å². The Balaban J connectivity index is 2.55. The van der Waals surface area contributed by atoms with Crippen molar-refractivity contribution in [2.45, 2.75) is 19.4 Å². The molecule has 0 saturated carbocycles. The van der Waals surface area contributed by atoms with Gasteiger partial charge in [-0.3, -0.25) is 9.78 Å².